The molecule has 0 bridgehead atoms. The van der Waals surface area contributed by atoms with E-state index in [0.717, 1.165) is 34.6 Å². The van der Waals surface area contributed by atoms with Crippen LogP contribution in [0.15, 0.2) is 57.2 Å². The van der Waals surface area contributed by atoms with Gasteiger partial charge in [0, 0.05) is 29.4 Å². The summed E-state index contributed by atoms with van der Waals surface area (Å²) in [6.07, 6.45) is 4.23. The number of thiazole rings is 1. The topological polar surface area (TPSA) is 59.5 Å². The molecule has 8 heteroatoms. The first-order valence-electron chi connectivity index (χ1n) is 11.2. The van der Waals surface area contributed by atoms with Gasteiger partial charge in [0.05, 0.1) is 18.1 Å². The maximum Gasteiger partial charge on any atom is 0.185 e. The highest BCUT2D eigenvalue weighted by Crippen LogP contribution is 2.34. The lowest BCUT2D eigenvalue weighted by atomic mass is 10.1. The highest BCUT2D eigenvalue weighted by Gasteiger charge is 2.34. The Hall–Kier alpha value is -1.90. The van der Waals surface area contributed by atoms with Gasteiger partial charge in [-0.1, -0.05) is 53.5 Å². The summed E-state index contributed by atoms with van der Waals surface area (Å²) in [6.45, 7) is 3.55. The molecule has 0 radical (unpaired) electrons. The van der Waals surface area contributed by atoms with Gasteiger partial charge in [0.2, 0.25) is 0 Å². The van der Waals surface area contributed by atoms with Crippen LogP contribution in [0.5, 0.6) is 5.75 Å². The van der Waals surface area contributed by atoms with E-state index >= 15 is 0 Å². The van der Waals surface area contributed by atoms with Gasteiger partial charge >= 0.3 is 0 Å². The number of piperidine rings is 1. The lowest BCUT2D eigenvalue weighted by Gasteiger charge is -2.31. The quantitative estimate of drug-likeness (QED) is 0.350. The zero-order valence-corrected chi connectivity index (χ0v) is 22.2. The first-order chi connectivity index (χ1) is 15.9. The van der Waals surface area contributed by atoms with E-state index in [-0.39, 0.29) is 4.90 Å². The molecule has 0 atom stereocenters. The highest BCUT2D eigenvalue weighted by molar-refractivity contribution is 9.10. The van der Waals surface area contributed by atoms with Crippen LogP contribution in [0.2, 0.25) is 0 Å². The van der Waals surface area contributed by atoms with Gasteiger partial charge in [-0.2, -0.15) is 0 Å². The lowest BCUT2D eigenvalue weighted by Crippen LogP contribution is -2.39. The highest BCUT2D eigenvalue weighted by atomic mass is 79.9. The third kappa shape index (κ3) is 5.61. The smallest absolute Gasteiger partial charge is 0.185 e. The molecule has 176 valence electrons. The van der Waals surface area contributed by atoms with Gasteiger partial charge in [-0.15, -0.1) is 11.3 Å². The first-order valence-corrected chi connectivity index (χ1v) is 14.5. The average Bonchev–Trinajstić information content (AvgIpc) is 3.29. The molecule has 3 aromatic rings. The van der Waals surface area contributed by atoms with Gasteiger partial charge in [0.15, 0.2) is 15.0 Å². The number of anilines is 1. The van der Waals surface area contributed by atoms with Crippen LogP contribution < -0.4 is 9.64 Å². The number of sulfone groups is 1. The molecule has 33 heavy (non-hydrogen) atoms. The maximum absolute atomic E-state index is 13.3. The Morgan fingerprint density at radius 2 is 1.82 bits per heavy atom. The number of aryl methyl sites for hydroxylation is 1. The summed E-state index contributed by atoms with van der Waals surface area (Å²) < 4.78 is 32.7. The van der Waals surface area contributed by atoms with Crippen molar-refractivity contribution in [3.8, 4) is 5.75 Å². The summed E-state index contributed by atoms with van der Waals surface area (Å²) >= 11 is 5.02. The van der Waals surface area contributed by atoms with E-state index in [4.69, 9.17) is 9.72 Å². The van der Waals surface area contributed by atoms with Crippen molar-refractivity contribution in [3.05, 3.63) is 69.1 Å². The van der Waals surface area contributed by atoms with Crippen LogP contribution >= 0.6 is 27.3 Å². The summed E-state index contributed by atoms with van der Waals surface area (Å²) in [7, 11) is -1.97. The van der Waals surface area contributed by atoms with Crippen molar-refractivity contribution in [2.24, 2.45) is 0 Å². The molecule has 1 fully saturated rings. The molecule has 4 rings (SSSR count). The molecule has 1 aliphatic heterocycles. The monoisotopic (exact) mass is 548 g/mol. The summed E-state index contributed by atoms with van der Waals surface area (Å²) in [6, 6.07) is 13.9. The average molecular weight is 550 g/mol. The van der Waals surface area contributed by atoms with Crippen LogP contribution in [0.4, 0.5) is 5.13 Å². The van der Waals surface area contributed by atoms with Crippen LogP contribution in [0, 0.1) is 0 Å². The van der Waals surface area contributed by atoms with Crippen molar-refractivity contribution in [2.45, 2.75) is 49.2 Å². The Morgan fingerprint density at radius 3 is 2.48 bits per heavy atom. The Kier molecular flexibility index (Phi) is 7.76. The number of hydrogen-bond donors (Lipinski definition) is 0. The fourth-order valence-electron chi connectivity index (χ4n) is 4.25. The Balaban J connectivity index is 1.39. The fourth-order valence-corrected chi connectivity index (χ4v) is 7.56. The van der Waals surface area contributed by atoms with Gasteiger partial charge in [0.1, 0.15) is 10.6 Å². The van der Waals surface area contributed by atoms with E-state index in [1.807, 2.05) is 0 Å². The first kappa shape index (κ1) is 24.2. The zero-order valence-electron chi connectivity index (χ0n) is 19.0. The predicted octanol–water partition coefficient (Wildman–Crippen LogP) is 5.90. The normalized spacial score (nSPS) is 15.1. The second-order valence-electron chi connectivity index (χ2n) is 8.39. The summed E-state index contributed by atoms with van der Waals surface area (Å²) in [5.74, 6) is 0.396. The molecule has 0 saturated carbocycles. The fraction of sp³-hybridized carbons (Fsp3) is 0.400. The van der Waals surface area contributed by atoms with E-state index < -0.39 is 15.1 Å². The zero-order chi connectivity index (χ0) is 23.4. The number of ether oxygens (including phenoxy) is 1. The minimum Gasteiger partial charge on any atom is -0.495 e. The molecule has 0 unspecified atom stereocenters. The van der Waals surface area contributed by atoms with Crippen LogP contribution in [0.1, 0.15) is 43.0 Å². The Morgan fingerprint density at radius 1 is 1.12 bits per heavy atom. The molecule has 0 N–H and O–H groups in total. The predicted molar refractivity (Wildman–Crippen MR) is 138 cm³/mol. The van der Waals surface area contributed by atoms with E-state index in [9.17, 15) is 8.42 Å². The molecule has 1 saturated heterocycles. The largest absolute Gasteiger partial charge is 0.495 e. The Labute approximate surface area is 208 Å². The van der Waals surface area contributed by atoms with Crippen molar-refractivity contribution >= 4 is 42.2 Å². The molecular weight excluding hydrogens is 520 g/mol. The van der Waals surface area contributed by atoms with Crippen LogP contribution in [0.25, 0.3) is 0 Å². The molecule has 0 spiro atoms. The maximum atomic E-state index is 13.3. The van der Waals surface area contributed by atoms with Gasteiger partial charge in [-0.3, -0.25) is 0 Å². The van der Waals surface area contributed by atoms with Gasteiger partial charge in [-0.25, -0.2) is 13.4 Å². The van der Waals surface area contributed by atoms with Crippen molar-refractivity contribution in [3.63, 3.8) is 0 Å². The van der Waals surface area contributed by atoms with Crippen LogP contribution in [0.3, 0.4) is 0 Å². The second kappa shape index (κ2) is 10.6. The molecule has 0 amide bonds. The number of hydrogen-bond acceptors (Lipinski definition) is 6. The van der Waals surface area contributed by atoms with Crippen molar-refractivity contribution < 1.29 is 13.2 Å². The van der Waals surface area contributed by atoms with Crippen LogP contribution in [-0.4, -0.2) is 38.9 Å². The molecule has 0 aliphatic carbocycles. The number of halogens is 1. The molecule has 5 nitrogen and oxygen atoms in total. The van der Waals surface area contributed by atoms with Gasteiger partial charge < -0.3 is 9.64 Å². The molecule has 1 aromatic heterocycles. The Bertz CT molecular complexity index is 1180. The number of aromatic nitrogens is 1. The van der Waals surface area contributed by atoms with E-state index in [1.165, 1.54) is 18.2 Å². The summed E-state index contributed by atoms with van der Waals surface area (Å²) in [4.78, 5) is 7.32. The van der Waals surface area contributed by atoms with E-state index in [1.54, 1.807) is 29.5 Å². The third-order valence-corrected chi connectivity index (χ3v) is 9.79. The number of methoxy groups -OCH3 is 1. The number of nitrogens with zero attached hydrogens (tertiary/aromatic N) is 2. The van der Waals surface area contributed by atoms with E-state index in [0.29, 0.717) is 31.7 Å². The second-order valence-corrected chi connectivity index (χ2v) is 12.3. The molecule has 2 heterocycles. The standard InChI is InChI=1S/C25H29BrN2O3S2/c1-3-4-18-5-7-19(8-6-18)15-21-17-32-25(27-21)28-13-11-22(12-14-28)33(29,30)24-16-20(26)9-10-23(24)31-2/h5-10,16-17,22H,3-4,11-15H2,1-2H3. The summed E-state index contributed by atoms with van der Waals surface area (Å²) in [5.41, 5.74) is 3.70. The lowest BCUT2D eigenvalue weighted by molar-refractivity contribution is 0.401. The third-order valence-electron chi connectivity index (χ3n) is 6.07. The number of benzene rings is 2. The molecule has 1 aliphatic rings. The molecule has 2 aromatic carbocycles. The number of rotatable bonds is 8. The molecular formula is C25H29BrN2O3S2. The van der Waals surface area contributed by atoms with Crippen LogP contribution in [-0.2, 0) is 22.7 Å². The minimum atomic E-state index is -3.47. The van der Waals surface area contributed by atoms with Crippen molar-refractivity contribution in [2.75, 3.05) is 25.1 Å². The SMILES string of the molecule is CCCc1ccc(Cc2csc(N3CCC(S(=O)(=O)c4cc(Br)ccc4OC)CC3)n2)cc1. The van der Waals surface area contributed by atoms with Crippen molar-refractivity contribution in [1.82, 2.24) is 4.98 Å². The van der Waals surface area contributed by atoms with Crippen molar-refractivity contribution in [1.29, 1.82) is 0 Å². The summed E-state index contributed by atoms with van der Waals surface area (Å²) in [5, 5.41) is 2.67. The van der Waals surface area contributed by atoms with Gasteiger partial charge in [-0.05, 0) is 48.6 Å². The van der Waals surface area contributed by atoms with Gasteiger partial charge in [0.25, 0.3) is 0 Å². The minimum absolute atomic E-state index is 0.263. The van der Waals surface area contributed by atoms with E-state index in [2.05, 4.69) is 57.4 Å².